The minimum absolute atomic E-state index is 0. The SMILES string of the molecule is Cl.NC[C@H](NC(=O)CN1CCCCS1(=O)=O)c1ccc2ccccc2c1. The monoisotopic (exact) mass is 397 g/mol. The molecule has 2 aromatic rings. The maximum Gasteiger partial charge on any atom is 0.235 e. The number of amides is 1. The van der Waals surface area contributed by atoms with Gasteiger partial charge in [0.05, 0.1) is 18.3 Å². The van der Waals surface area contributed by atoms with Crippen LogP contribution in [0.2, 0.25) is 0 Å². The van der Waals surface area contributed by atoms with Crippen molar-refractivity contribution in [3.63, 3.8) is 0 Å². The van der Waals surface area contributed by atoms with E-state index >= 15 is 0 Å². The fraction of sp³-hybridized carbons (Fsp3) is 0.389. The Morgan fingerprint density at radius 3 is 2.58 bits per heavy atom. The first-order chi connectivity index (χ1) is 12.0. The van der Waals surface area contributed by atoms with Gasteiger partial charge in [0.1, 0.15) is 0 Å². The van der Waals surface area contributed by atoms with E-state index in [0.29, 0.717) is 13.0 Å². The summed E-state index contributed by atoms with van der Waals surface area (Å²) in [6.07, 6.45) is 1.44. The van der Waals surface area contributed by atoms with Crippen LogP contribution in [0.3, 0.4) is 0 Å². The fourth-order valence-electron chi connectivity index (χ4n) is 3.12. The molecule has 6 nitrogen and oxygen atoms in total. The largest absolute Gasteiger partial charge is 0.347 e. The number of carbonyl (C=O) groups is 1. The molecule has 0 aromatic heterocycles. The molecule has 8 heteroatoms. The van der Waals surface area contributed by atoms with E-state index in [1.807, 2.05) is 42.5 Å². The van der Waals surface area contributed by atoms with Crippen LogP contribution in [-0.2, 0) is 14.8 Å². The lowest BCUT2D eigenvalue weighted by Crippen LogP contribution is -2.45. The van der Waals surface area contributed by atoms with E-state index in [2.05, 4.69) is 5.32 Å². The van der Waals surface area contributed by atoms with Crippen LogP contribution in [0.15, 0.2) is 42.5 Å². The van der Waals surface area contributed by atoms with Gasteiger partial charge >= 0.3 is 0 Å². The van der Waals surface area contributed by atoms with Gasteiger partial charge in [0, 0.05) is 13.1 Å². The Kier molecular flexibility index (Phi) is 7.00. The van der Waals surface area contributed by atoms with Crippen molar-refractivity contribution >= 4 is 39.1 Å². The molecule has 1 fully saturated rings. The van der Waals surface area contributed by atoms with Crippen LogP contribution < -0.4 is 11.1 Å². The molecule has 1 saturated heterocycles. The molecule has 1 amide bonds. The molecule has 0 aliphatic carbocycles. The highest BCUT2D eigenvalue weighted by molar-refractivity contribution is 7.89. The average Bonchev–Trinajstić information content (AvgIpc) is 2.61. The molecule has 0 spiro atoms. The third-order valence-electron chi connectivity index (χ3n) is 4.52. The van der Waals surface area contributed by atoms with Gasteiger partial charge in [0.15, 0.2) is 0 Å². The van der Waals surface area contributed by atoms with Gasteiger partial charge in [-0.15, -0.1) is 12.4 Å². The van der Waals surface area contributed by atoms with Crippen LogP contribution in [0.1, 0.15) is 24.4 Å². The van der Waals surface area contributed by atoms with Gasteiger partial charge in [-0.2, -0.15) is 4.31 Å². The highest BCUT2D eigenvalue weighted by Crippen LogP contribution is 2.20. The molecule has 142 valence electrons. The van der Waals surface area contributed by atoms with Gasteiger partial charge in [0.2, 0.25) is 15.9 Å². The number of sulfonamides is 1. The first-order valence-electron chi connectivity index (χ1n) is 8.45. The molecule has 3 N–H and O–H groups in total. The molecule has 1 heterocycles. The minimum Gasteiger partial charge on any atom is -0.347 e. The molecule has 0 saturated carbocycles. The van der Waals surface area contributed by atoms with Gasteiger partial charge in [-0.25, -0.2) is 8.42 Å². The van der Waals surface area contributed by atoms with E-state index in [4.69, 9.17) is 5.73 Å². The first-order valence-corrected chi connectivity index (χ1v) is 10.1. The van der Waals surface area contributed by atoms with Crippen molar-refractivity contribution in [1.29, 1.82) is 0 Å². The summed E-state index contributed by atoms with van der Waals surface area (Å²) < 4.78 is 25.3. The van der Waals surface area contributed by atoms with Crippen LogP contribution >= 0.6 is 12.4 Å². The summed E-state index contributed by atoms with van der Waals surface area (Å²) >= 11 is 0. The second-order valence-corrected chi connectivity index (χ2v) is 8.41. The number of halogens is 1. The Labute approximate surface area is 160 Å². The third kappa shape index (κ3) is 4.73. The topological polar surface area (TPSA) is 92.5 Å². The molecule has 0 bridgehead atoms. The lowest BCUT2D eigenvalue weighted by molar-refractivity contribution is -0.122. The lowest BCUT2D eigenvalue weighted by atomic mass is 10.0. The van der Waals surface area contributed by atoms with Gasteiger partial charge in [-0.3, -0.25) is 4.79 Å². The summed E-state index contributed by atoms with van der Waals surface area (Å²) in [5, 5.41) is 5.06. The molecular weight excluding hydrogens is 374 g/mol. The standard InChI is InChI=1S/C18H23N3O3S.ClH/c19-12-17(16-8-7-14-5-1-2-6-15(14)11-16)20-18(22)13-21-9-3-4-10-25(21,23)24;/h1-2,5-8,11,17H,3-4,9-10,12-13,19H2,(H,20,22);1H/t17-;/m0./s1. The van der Waals surface area contributed by atoms with Crippen LogP contribution in [0.5, 0.6) is 0 Å². The Hall–Kier alpha value is -1.67. The molecule has 1 aliphatic heterocycles. The summed E-state index contributed by atoms with van der Waals surface area (Å²) in [6.45, 7) is 0.502. The van der Waals surface area contributed by atoms with Gasteiger partial charge in [0.25, 0.3) is 0 Å². The van der Waals surface area contributed by atoms with Crippen LogP contribution in [0.25, 0.3) is 10.8 Å². The summed E-state index contributed by atoms with van der Waals surface area (Å²) in [4.78, 5) is 12.3. The number of rotatable bonds is 5. The van der Waals surface area contributed by atoms with E-state index in [1.54, 1.807) is 0 Å². The van der Waals surface area contributed by atoms with Gasteiger partial charge < -0.3 is 11.1 Å². The zero-order valence-corrected chi connectivity index (χ0v) is 16.1. The minimum atomic E-state index is -3.31. The normalized spacial score (nSPS) is 18.0. The zero-order valence-electron chi connectivity index (χ0n) is 14.4. The number of carbonyl (C=O) groups excluding carboxylic acids is 1. The number of nitrogens with zero attached hydrogens (tertiary/aromatic N) is 1. The Bertz CT molecular complexity index is 873. The van der Waals surface area contributed by atoms with E-state index in [1.165, 1.54) is 4.31 Å². The predicted octanol–water partition coefficient (Wildman–Crippen LogP) is 1.80. The van der Waals surface area contributed by atoms with Gasteiger partial charge in [-0.1, -0.05) is 36.4 Å². The van der Waals surface area contributed by atoms with Crippen molar-refractivity contribution in [3.05, 3.63) is 48.0 Å². The van der Waals surface area contributed by atoms with Crippen molar-refractivity contribution in [2.24, 2.45) is 5.73 Å². The van der Waals surface area contributed by atoms with Crippen molar-refractivity contribution in [2.45, 2.75) is 18.9 Å². The number of hydrogen-bond donors (Lipinski definition) is 2. The van der Waals surface area contributed by atoms with Crippen LogP contribution in [-0.4, -0.2) is 44.0 Å². The zero-order chi connectivity index (χ0) is 17.9. The van der Waals surface area contributed by atoms with E-state index < -0.39 is 10.0 Å². The Morgan fingerprint density at radius 2 is 1.88 bits per heavy atom. The van der Waals surface area contributed by atoms with Crippen molar-refractivity contribution in [3.8, 4) is 0 Å². The smallest absolute Gasteiger partial charge is 0.235 e. The fourth-order valence-corrected chi connectivity index (χ4v) is 4.67. The number of hydrogen-bond acceptors (Lipinski definition) is 4. The quantitative estimate of drug-likeness (QED) is 0.804. The van der Waals surface area contributed by atoms with Crippen LogP contribution in [0.4, 0.5) is 0 Å². The summed E-state index contributed by atoms with van der Waals surface area (Å²) in [6, 6.07) is 13.6. The molecule has 2 aromatic carbocycles. The highest BCUT2D eigenvalue weighted by atomic mass is 35.5. The van der Waals surface area contributed by atoms with E-state index in [9.17, 15) is 13.2 Å². The molecule has 0 unspecified atom stereocenters. The summed E-state index contributed by atoms with van der Waals surface area (Å²) in [7, 11) is -3.31. The average molecular weight is 398 g/mol. The second kappa shape index (κ2) is 8.81. The van der Waals surface area contributed by atoms with Crippen molar-refractivity contribution in [2.75, 3.05) is 25.4 Å². The second-order valence-electron chi connectivity index (χ2n) is 6.32. The lowest BCUT2D eigenvalue weighted by Gasteiger charge is -2.26. The van der Waals surface area contributed by atoms with Crippen LogP contribution in [0, 0.1) is 0 Å². The molecule has 0 radical (unpaired) electrons. The number of nitrogens with two attached hydrogens (primary N) is 1. The maximum absolute atomic E-state index is 12.3. The third-order valence-corrected chi connectivity index (χ3v) is 6.42. The maximum atomic E-state index is 12.3. The Morgan fingerprint density at radius 1 is 1.15 bits per heavy atom. The van der Waals surface area contributed by atoms with E-state index in [0.717, 1.165) is 22.8 Å². The highest BCUT2D eigenvalue weighted by Gasteiger charge is 2.28. The van der Waals surface area contributed by atoms with Crippen molar-refractivity contribution in [1.82, 2.24) is 9.62 Å². The van der Waals surface area contributed by atoms with Crippen molar-refractivity contribution < 1.29 is 13.2 Å². The van der Waals surface area contributed by atoms with Gasteiger partial charge in [-0.05, 0) is 35.2 Å². The number of nitrogens with one attached hydrogen (secondary N) is 1. The molecule has 26 heavy (non-hydrogen) atoms. The molecule has 1 atom stereocenters. The first kappa shape index (κ1) is 20.6. The number of fused-ring (bicyclic) bond motifs is 1. The number of benzene rings is 2. The predicted molar refractivity (Wildman–Crippen MR) is 106 cm³/mol. The molecular formula is C18H24ClN3O3S. The summed E-state index contributed by atoms with van der Waals surface area (Å²) in [5.74, 6) is -0.209. The molecule has 1 aliphatic rings. The Balaban J connectivity index is 0.00000243. The molecule has 3 rings (SSSR count). The van der Waals surface area contributed by atoms with E-state index in [-0.39, 0.29) is 43.2 Å². The summed E-state index contributed by atoms with van der Waals surface area (Å²) in [5.41, 5.74) is 6.75.